The number of aryl methyl sites for hydroxylation is 1. The van der Waals surface area contributed by atoms with Gasteiger partial charge in [0.05, 0.1) is 11.2 Å². The number of nitrogen functional groups attached to an aromatic ring is 1. The van der Waals surface area contributed by atoms with E-state index in [-0.39, 0.29) is 17.5 Å². The van der Waals surface area contributed by atoms with Crippen LogP contribution in [0.4, 0.5) is 5.95 Å². The third-order valence-electron chi connectivity index (χ3n) is 5.94. The van der Waals surface area contributed by atoms with Crippen molar-refractivity contribution in [2.75, 3.05) is 5.73 Å². The van der Waals surface area contributed by atoms with Gasteiger partial charge in [-0.3, -0.25) is 14.3 Å². The van der Waals surface area contributed by atoms with Crippen LogP contribution < -0.4 is 11.3 Å². The summed E-state index contributed by atoms with van der Waals surface area (Å²) in [6, 6.07) is 12.0. The number of hydrogen-bond donors (Lipinski definition) is 1. The van der Waals surface area contributed by atoms with Crippen molar-refractivity contribution >= 4 is 27.9 Å². The Kier molecular flexibility index (Phi) is 4.27. The third-order valence-corrected chi connectivity index (χ3v) is 5.94. The minimum absolute atomic E-state index is 0.0287. The molecule has 0 radical (unpaired) electrons. The van der Waals surface area contributed by atoms with E-state index in [2.05, 4.69) is 15.0 Å². The van der Waals surface area contributed by atoms with Crippen LogP contribution in [0, 0.1) is 6.92 Å². The molecule has 2 N–H and O–H groups in total. The van der Waals surface area contributed by atoms with E-state index in [0.717, 1.165) is 53.2 Å². The molecule has 6 heteroatoms. The molecule has 0 amide bonds. The van der Waals surface area contributed by atoms with Gasteiger partial charge in [-0.05, 0) is 38.0 Å². The normalized spacial score (nSPS) is 15.2. The molecule has 0 saturated heterocycles. The summed E-state index contributed by atoms with van der Waals surface area (Å²) in [7, 11) is 0. The van der Waals surface area contributed by atoms with Crippen LogP contribution in [-0.4, -0.2) is 19.5 Å². The predicted molar refractivity (Wildman–Crippen MR) is 116 cm³/mol. The van der Waals surface area contributed by atoms with Crippen LogP contribution >= 0.6 is 0 Å². The molecule has 1 fully saturated rings. The fourth-order valence-corrected chi connectivity index (χ4v) is 4.48. The third kappa shape index (κ3) is 3.05. The Balaban J connectivity index is 1.81. The predicted octanol–water partition coefficient (Wildman–Crippen LogP) is 4.40. The van der Waals surface area contributed by atoms with Crippen molar-refractivity contribution < 1.29 is 0 Å². The van der Waals surface area contributed by atoms with E-state index in [9.17, 15) is 4.79 Å². The number of nitrogens with zero attached hydrogens (tertiary/aromatic N) is 4. The molecule has 5 rings (SSSR count). The Morgan fingerprint density at radius 2 is 1.86 bits per heavy atom. The number of aromatic nitrogens is 4. The summed E-state index contributed by atoms with van der Waals surface area (Å²) < 4.78 is 1.87. The summed E-state index contributed by atoms with van der Waals surface area (Å²) >= 11 is 0. The van der Waals surface area contributed by atoms with Crippen molar-refractivity contribution in [1.82, 2.24) is 19.5 Å². The van der Waals surface area contributed by atoms with E-state index in [0.29, 0.717) is 11.2 Å². The molecule has 4 aromatic rings. The maximum atomic E-state index is 13.7. The van der Waals surface area contributed by atoms with E-state index >= 15 is 0 Å². The lowest BCUT2D eigenvalue weighted by molar-refractivity contribution is 0.353. The maximum absolute atomic E-state index is 13.7. The Morgan fingerprint density at radius 3 is 2.69 bits per heavy atom. The maximum Gasteiger partial charge on any atom is 0.260 e. The summed E-state index contributed by atoms with van der Waals surface area (Å²) in [6.07, 6.45) is 7.21. The minimum atomic E-state index is -0.0287. The second-order valence-corrected chi connectivity index (χ2v) is 7.85. The summed E-state index contributed by atoms with van der Waals surface area (Å²) in [5, 5.41) is 1.88. The number of hydrogen-bond acceptors (Lipinski definition) is 5. The first-order valence-corrected chi connectivity index (χ1v) is 10.2. The average Bonchev–Trinajstić information content (AvgIpc) is 2.73. The van der Waals surface area contributed by atoms with Gasteiger partial charge in [0.15, 0.2) is 0 Å². The van der Waals surface area contributed by atoms with E-state index < -0.39 is 0 Å². The number of rotatable bonds is 2. The smallest absolute Gasteiger partial charge is 0.260 e. The molecule has 3 heterocycles. The molecule has 29 heavy (non-hydrogen) atoms. The highest BCUT2D eigenvalue weighted by molar-refractivity contribution is 5.87. The van der Waals surface area contributed by atoms with Gasteiger partial charge in [-0.15, -0.1) is 0 Å². The van der Waals surface area contributed by atoms with Crippen molar-refractivity contribution in [3.05, 3.63) is 58.6 Å². The molecule has 0 bridgehead atoms. The summed E-state index contributed by atoms with van der Waals surface area (Å²) in [6.45, 7) is 1.92. The van der Waals surface area contributed by atoms with Crippen LogP contribution in [0.5, 0.6) is 0 Å². The second kappa shape index (κ2) is 6.95. The zero-order chi connectivity index (χ0) is 20.0. The highest BCUT2D eigenvalue weighted by atomic mass is 16.1. The Labute approximate surface area is 168 Å². The first kappa shape index (κ1) is 17.8. The van der Waals surface area contributed by atoms with Crippen LogP contribution in [0.25, 0.3) is 33.1 Å². The van der Waals surface area contributed by atoms with Crippen molar-refractivity contribution in [3.63, 3.8) is 0 Å². The number of benzene rings is 1. The molecule has 0 atom stereocenters. The molecule has 3 aromatic heterocycles. The number of nitrogens with two attached hydrogens (primary N) is 1. The van der Waals surface area contributed by atoms with E-state index in [1.165, 1.54) is 6.42 Å². The van der Waals surface area contributed by atoms with Gasteiger partial charge in [-0.1, -0.05) is 37.5 Å². The first-order valence-electron chi connectivity index (χ1n) is 10.2. The fraction of sp³-hybridized carbons (Fsp3) is 0.304. The molecule has 1 aliphatic rings. The highest BCUT2D eigenvalue weighted by Crippen LogP contribution is 2.32. The SMILES string of the molecule is Cc1nc(N)nc2c1cc(-c1cnc3ccccc3c1)c(=O)n2C1CCCCC1. The van der Waals surface area contributed by atoms with Crippen LogP contribution in [0.2, 0.25) is 0 Å². The number of pyridine rings is 2. The summed E-state index contributed by atoms with van der Waals surface area (Å²) in [5.74, 6) is 0.207. The van der Waals surface area contributed by atoms with E-state index in [1.807, 2.05) is 47.9 Å². The molecule has 146 valence electrons. The molecule has 0 aliphatic heterocycles. The lowest BCUT2D eigenvalue weighted by Gasteiger charge is -2.26. The minimum Gasteiger partial charge on any atom is -0.368 e. The Morgan fingerprint density at radius 1 is 1.07 bits per heavy atom. The van der Waals surface area contributed by atoms with Gasteiger partial charge in [0, 0.05) is 34.1 Å². The van der Waals surface area contributed by atoms with Gasteiger partial charge in [0.25, 0.3) is 5.56 Å². The van der Waals surface area contributed by atoms with Crippen LogP contribution in [0.3, 0.4) is 0 Å². The molecule has 0 spiro atoms. The largest absolute Gasteiger partial charge is 0.368 e. The quantitative estimate of drug-likeness (QED) is 0.552. The summed E-state index contributed by atoms with van der Waals surface area (Å²) in [4.78, 5) is 27.0. The molecular formula is C23H23N5O. The standard InChI is InChI=1S/C23H23N5O/c1-14-18-12-19(16-11-15-7-5-6-10-20(15)25-13-16)22(29)28(17-8-3-2-4-9-17)21(18)27-23(24)26-14/h5-7,10-13,17H,2-4,8-9H2,1H3,(H2,24,26,27). The van der Waals surface area contributed by atoms with Gasteiger partial charge in [-0.25, -0.2) is 4.98 Å². The van der Waals surface area contributed by atoms with Crippen molar-refractivity contribution in [3.8, 4) is 11.1 Å². The molecular weight excluding hydrogens is 362 g/mol. The molecule has 1 saturated carbocycles. The number of fused-ring (bicyclic) bond motifs is 2. The van der Waals surface area contributed by atoms with Crippen LogP contribution in [-0.2, 0) is 0 Å². The van der Waals surface area contributed by atoms with Gasteiger partial charge < -0.3 is 5.73 Å². The van der Waals surface area contributed by atoms with E-state index in [1.54, 1.807) is 6.20 Å². The van der Waals surface area contributed by atoms with Crippen molar-refractivity contribution in [1.29, 1.82) is 0 Å². The zero-order valence-corrected chi connectivity index (χ0v) is 16.4. The zero-order valence-electron chi connectivity index (χ0n) is 16.4. The molecule has 0 unspecified atom stereocenters. The van der Waals surface area contributed by atoms with Crippen LogP contribution in [0.15, 0.2) is 47.4 Å². The Bertz CT molecular complexity index is 1290. The topological polar surface area (TPSA) is 86.7 Å². The number of para-hydroxylation sites is 1. The Hall–Kier alpha value is -3.28. The van der Waals surface area contributed by atoms with Crippen molar-refractivity contribution in [2.45, 2.75) is 45.1 Å². The molecule has 1 aromatic carbocycles. The molecule has 6 nitrogen and oxygen atoms in total. The van der Waals surface area contributed by atoms with Gasteiger partial charge in [0.2, 0.25) is 5.95 Å². The molecule has 1 aliphatic carbocycles. The van der Waals surface area contributed by atoms with Gasteiger partial charge >= 0.3 is 0 Å². The fourth-order valence-electron chi connectivity index (χ4n) is 4.48. The van der Waals surface area contributed by atoms with Gasteiger partial charge in [-0.2, -0.15) is 4.98 Å². The van der Waals surface area contributed by atoms with Gasteiger partial charge in [0.1, 0.15) is 5.65 Å². The van der Waals surface area contributed by atoms with Crippen LogP contribution in [0.1, 0.15) is 43.8 Å². The second-order valence-electron chi connectivity index (χ2n) is 7.85. The lowest BCUT2D eigenvalue weighted by Crippen LogP contribution is -2.29. The van der Waals surface area contributed by atoms with Crippen molar-refractivity contribution in [2.24, 2.45) is 0 Å². The average molecular weight is 385 g/mol. The number of anilines is 1. The lowest BCUT2D eigenvalue weighted by atomic mass is 9.94. The first-order chi connectivity index (χ1) is 14.1. The summed E-state index contributed by atoms with van der Waals surface area (Å²) in [5.41, 5.74) is 9.70. The van der Waals surface area contributed by atoms with E-state index in [4.69, 9.17) is 5.73 Å². The highest BCUT2D eigenvalue weighted by Gasteiger charge is 2.23. The monoisotopic (exact) mass is 385 g/mol.